The summed E-state index contributed by atoms with van der Waals surface area (Å²) in [7, 11) is 1.57. The number of carbonyl (C=O) groups is 1. The molecule has 0 aromatic rings. The lowest BCUT2D eigenvalue weighted by atomic mass is 9.99. The highest BCUT2D eigenvalue weighted by atomic mass is 16.5. The van der Waals surface area contributed by atoms with Gasteiger partial charge in [0.1, 0.15) is 6.61 Å². The molecular formula is C10H21NO4. The zero-order valence-electron chi connectivity index (χ0n) is 9.87. The highest BCUT2D eigenvalue weighted by Gasteiger charge is 2.25. The Labute approximate surface area is 90.8 Å². The van der Waals surface area contributed by atoms with Gasteiger partial charge < -0.3 is 19.9 Å². The van der Waals surface area contributed by atoms with Crippen LogP contribution in [0.1, 0.15) is 20.8 Å². The number of hydrogen-bond donors (Lipinski definition) is 2. The van der Waals surface area contributed by atoms with Crippen molar-refractivity contribution in [1.82, 2.24) is 5.32 Å². The van der Waals surface area contributed by atoms with Crippen LogP contribution in [0.15, 0.2) is 0 Å². The second-order valence-corrected chi connectivity index (χ2v) is 3.99. The van der Waals surface area contributed by atoms with E-state index in [2.05, 4.69) is 5.32 Å². The molecule has 15 heavy (non-hydrogen) atoms. The van der Waals surface area contributed by atoms with Crippen LogP contribution in [-0.2, 0) is 14.3 Å². The largest absolute Gasteiger partial charge is 0.391 e. The Morgan fingerprint density at radius 3 is 2.53 bits per heavy atom. The predicted molar refractivity (Wildman–Crippen MR) is 56.6 cm³/mol. The zero-order valence-corrected chi connectivity index (χ0v) is 9.87. The number of methoxy groups -OCH3 is 1. The average Bonchev–Trinajstić information content (AvgIpc) is 2.11. The summed E-state index contributed by atoms with van der Waals surface area (Å²) in [5.41, 5.74) is -0.637. The summed E-state index contributed by atoms with van der Waals surface area (Å²) < 4.78 is 9.81. The van der Waals surface area contributed by atoms with E-state index in [9.17, 15) is 9.90 Å². The molecule has 0 aromatic carbocycles. The lowest BCUT2D eigenvalue weighted by molar-refractivity contribution is -0.129. The van der Waals surface area contributed by atoms with Crippen LogP contribution in [0.4, 0.5) is 0 Å². The molecule has 0 bridgehead atoms. The Morgan fingerprint density at radius 2 is 2.07 bits per heavy atom. The lowest BCUT2D eigenvalue weighted by Crippen LogP contribution is -2.52. The molecule has 1 amide bonds. The maximum atomic E-state index is 11.3. The second kappa shape index (κ2) is 6.76. The first-order valence-electron chi connectivity index (χ1n) is 4.96. The van der Waals surface area contributed by atoms with Crippen molar-refractivity contribution in [3.8, 4) is 0 Å². The van der Waals surface area contributed by atoms with E-state index in [0.717, 1.165) is 0 Å². The van der Waals surface area contributed by atoms with Gasteiger partial charge in [-0.15, -0.1) is 0 Å². The maximum Gasteiger partial charge on any atom is 0.246 e. The molecule has 1 atom stereocenters. The summed E-state index contributed by atoms with van der Waals surface area (Å²) in [4.78, 5) is 11.3. The minimum absolute atomic E-state index is 0.0144. The quantitative estimate of drug-likeness (QED) is 0.588. The Balaban J connectivity index is 3.74. The van der Waals surface area contributed by atoms with Crippen LogP contribution in [0.3, 0.4) is 0 Å². The number of hydrogen-bond acceptors (Lipinski definition) is 4. The van der Waals surface area contributed by atoms with Crippen LogP contribution < -0.4 is 5.32 Å². The van der Waals surface area contributed by atoms with Crippen LogP contribution in [0.2, 0.25) is 0 Å². The van der Waals surface area contributed by atoms with Crippen LogP contribution in [0.25, 0.3) is 0 Å². The first-order chi connectivity index (χ1) is 6.90. The molecule has 0 rings (SSSR count). The third-order valence-electron chi connectivity index (χ3n) is 2.17. The number of carbonyl (C=O) groups excluding carboxylic acids is 1. The summed E-state index contributed by atoms with van der Waals surface area (Å²) in [5.74, 6) is -0.239. The van der Waals surface area contributed by atoms with Crippen LogP contribution in [-0.4, -0.2) is 49.6 Å². The minimum atomic E-state index is -0.637. The molecule has 5 nitrogen and oxygen atoms in total. The molecule has 90 valence electrons. The normalized spacial score (nSPS) is 13.7. The van der Waals surface area contributed by atoms with Crippen LogP contribution in [0, 0.1) is 0 Å². The van der Waals surface area contributed by atoms with Gasteiger partial charge >= 0.3 is 0 Å². The summed E-state index contributed by atoms with van der Waals surface area (Å²) in [6.45, 7) is 5.98. The molecule has 0 radical (unpaired) electrons. The van der Waals surface area contributed by atoms with Gasteiger partial charge in [0.25, 0.3) is 0 Å². The lowest BCUT2D eigenvalue weighted by Gasteiger charge is -2.29. The molecule has 1 unspecified atom stereocenters. The highest BCUT2D eigenvalue weighted by Crippen LogP contribution is 2.07. The monoisotopic (exact) mass is 219 g/mol. The fourth-order valence-corrected chi connectivity index (χ4v) is 0.807. The van der Waals surface area contributed by atoms with E-state index in [4.69, 9.17) is 9.47 Å². The molecule has 0 spiro atoms. The number of ether oxygens (including phenoxy) is 2. The summed E-state index contributed by atoms with van der Waals surface area (Å²) in [5, 5.41) is 12.0. The molecule has 0 aliphatic rings. The number of nitrogens with one attached hydrogen (secondary N) is 1. The zero-order chi connectivity index (χ0) is 11.9. The van der Waals surface area contributed by atoms with E-state index in [1.54, 1.807) is 27.9 Å². The number of aliphatic hydroxyl groups excluding tert-OH is 1. The number of amides is 1. The molecule has 0 aliphatic carbocycles. The maximum absolute atomic E-state index is 11.3. The van der Waals surface area contributed by atoms with Gasteiger partial charge in [-0.3, -0.25) is 4.79 Å². The van der Waals surface area contributed by atoms with Crippen LogP contribution in [0.5, 0.6) is 0 Å². The van der Waals surface area contributed by atoms with Crippen molar-refractivity contribution >= 4 is 5.91 Å². The average molecular weight is 219 g/mol. The molecule has 0 fully saturated rings. The smallest absolute Gasteiger partial charge is 0.246 e. The van der Waals surface area contributed by atoms with Gasteiger partial charge in [0.05, 0.1) is 24.9 Å². The third kappa shape index (κ3) is 6.43. The molecule has 2 N–H and O–H groups in total. The van der Waals surface area contributed by atoms with Crippen LogP contribution >= 0.6 is 0 Å². The standard InChI is InChI=1S/C10H21NO4/c1-8(12)10(2,3)11-9(13)7-15-6-5-14-4/h8,12H,5-7H2,1-4H3,(H,11,13). The fraction of sp³-hybridized carbons (Fsp3) is 0.900. The van der Waals surface area contributed by atoms with Crippen molar-refractivity contribution < 1.29 is 19.4 Å². The van der Waals surface area contributed by atoms with Crippen molar-refractivity contribution in [2.75, 3.05) is 26.9 Å². The minimum Gasteiger partial charge on any atom is -0.391 e. The van der Waals surface area contributed by atoms with E-state index in [0.29, 0.717) is 13.2 Å². The Hall–Kier alpha value is -0.650. The van der Waals surface area contributed by atoms with Gasteiger partial charge in [-0.25, -0.2) is 0 Å². The third-order valence-corrected chi connectivity index (χ3v) is 2.17. The molecule has 0 aromatic heterocycles. The van der Waals surface area contributed by atoms with E-state index in [1.807, 2.05) is 0 Å². The second-order valence-electron chi connectivity index (χ2n) is 3.99. The molecule has 5 heteroatoms. The van der Waals surface area contributed by atoms with Crippen molar-refractivity contribution in [3.63, 3.8) is 0 Å². The van der Waals surface area contributed by atoms with E-state index in [1.165, 1.54) is 0 Å². The molecule has 0 saturated heterocycles. The molecule has 0 heterocycles. The van der Waals surface area contributed by atoms with E-state index in [-0.39, 0.29) is 12.5 Å². The van der Waals surface area contributed by atoms with E-state index >= 15 is 0 Å². The Kier molecular flexibility index (Phi) is 6.47. The Morgan fingerprint density at radius 1 is 1.47 bits per heavy atom. The van der Waals surface area contributed by atoms with Gasteiger partial charge in [0.2, 0.25) is 5.91 Å². The summed E-state index contributed by atoms with van der Waals surface area (Å²) in [6.07, 6.45) is -0.611. The topological polar surface area (TPSA) is 67.8 Å². The first-order valence-corrected chi connectivity index (χ1v) is 4.96. The fourth-order valence-electron chi connectivity index (χ4n) is 0.807. The van der Waals surface area contributed by atoms with Gasteiger partial charge in [-0.1, -0.05) is 0 Å². The van der Waals surface area contributed by atoms with Gasteiger partial charge in [0.15, 0.2) is 0 Å². The van der Waals surface area contributed by atoms with Crippen molar-refractivity contribution in [2.45, 2.75) is 32.4 Å². The molecule has 0 aliphatic heterocycles. The molecular weight excluding hydrogens is 198 g/mol. The van der Waals surface area contributed by atoms with Gasteiger partial charge in [-0.05, 0) is 20.8 Å². The highest BCUT2D eigenvalue weighted by molar-refractivity contribution is 5.78. The summed E-state index contributed by atoms with van der Waals surface area (Å²) >= 11 is 0. The number of rotatable bonds is 7. The summed E-state index contributed by atoms with van der Waals surface area (Å²) in [6, 6.07) is 0. The first kappa shape index (κ1) is 14.3. The van der Waals surface area contributed by atoms with Gasteiger partial charge in [0, 0.05) is 7.11 Å². The van der Waals surface area contributed by atoms with Crippen molar-refractivity contribution in [1.29, 1.82) is 0 Å². The number of aliphatic hydroxyl groups is 1. The molecule has 0 saturated carbocycles. The van der Waals surface area contributed by atoms with Crippen molar-refractivity contribution in [3.05, 3.63) is 0 Å². The van der Waals surface area contributed by atoms with Gasteiger partial charge in [-0.2, -0.15) is 0 Å². The predicted octanol–water partition coefficient (Wildman–Crippen LogP) is -0.0750. The SMILES string of the molecule is COCCOCC(=O)NC(C)(C)C(C)O. The Bertz CT molecular complexity index is 192. The van der Waals surface area contributed by atoms with E-state index < -0.39 is 11.6 Å². The van der Waals surface area contributed by atoms with Crippen molar-refractivity contribution in [2.24, 2.45) is 0 Å².